The molecular formula is C26H22FN7O4. The van der Waals surface area contributed by atoms with Crippen LogP contribution in [0, 0.1) is 5.82 Å². The number of hydrogen-bond acceptors (Lipinski definition) is 9. The summed E-state index contributed by atoms with van der Waals surface area (Å²) >= 11 is 0. The van der Waals surface area contributed by atoms with Gasteiger partial charge in [-0.2, -0.15) is 14.9 Å². The Morgan fingerprint density at radius 1 is 1.13 bits per heavy atom. The number of carbonyl (C=O) groups is 1. The van der Waals surface area contributed by atoms with Crippen molar-refractivity contribution >= 4 is 22.6 Å². The summed E-state index contributed by atoms with van der Waals surface area (Å²) in [6.07, 6.45) is 4.28. The lowest BCUT2D eigenvalue weighted by Gasteiger charge is -2.12. The Balaban J connectivity index is 1.33. The average Bonchev–Trinajstić information content (AvgIpc) is 3.34. The molecule has 0 bridgehead atoms. The van der Waals surface area contributed by atoms with E-state index < -0.39 is 17.2 Å². The molecule has 12 heteroatoms. The quantitative estimate of drug-likeness (QED) is 0.252. The molecule has 4 heterocycles. The molecule has 5 rings (SSSR count). The molecule has 0 amide bonds. The maximum Gasteiger partial charge on any atom is 0.282 e. The van der Waals surface area contributed by atoms with Crippen LogP contribution in [0.1, 0.15) is 23.0 Å². The third kappa shape index (κ3) is 5.11. The van der Waals surface area contributed by atoms with E-state index in [9.17, 15) is 19.1 Å². The topological polar surface area (TPSA) is 148 Å². The normalized spacial score (nSPS) is 11.9. The number of hydrogen-bond donors (Lipinski definition) is 3. The molecule has 0 radical (unpaired) electrons. The van der Waals surface area contributed by atoms with Gasteiger partial charge >= 0.3 is 0 Å². The van der Waals surface area contributed by atoms with E-state index >= 15 is 0 Å². The maximum atomic E-state index is 13.2. The number of fused-ring (bicyclic) bond motifs is 1. The number of benzene rings is 1. The number of pyridine rings is 2. The van der Waals surface area contributed by atoms with Crippen LogP contribution >= 0.6 is 0 Å². The van der Waals surface area contributed by atoms with Crippen molar-refractivity contribution in [3.05, 3.63) is 94.5 Å². The summed E-state index contributed by atoms with van der Waals surface area (Å²) in [7, 11) is 0. The van der Waals surface area contributed by atoms with E-state index in [1.54, 1.807) is 24.4 Å². The van der Waals surface area contributed by atoms with Crippen LogP contribution in [0.3, 0.4) is 0 Å². The first-order chi connectivity index (χ1) is 18.4. The van der Waals surface area contributed by atoms with Crippen LogP contribution in [-0.2, 0) is 6.42 Å². The number of H-pyrrole nitrogens is 1. The van der Waals surface area contributed by atoms with Gasteiger partial charge in [0.2, 0.25) is 0 Å². The molecule has 38 heavy (non-hydrogen) atoms. The Hall–Kier alpha value is -4.97. The highest BCUT2D eigenvalue weighted by Crippen LogP contribution is 2.32. The maximum absolute atomic E-state index is 13.2. The molecule has 0 saturated carbocycles. The van der Waals surface area contributed by atoms with Crippen molar-refractivity contribution in [1.82, 2.24) is 29.9 Å². The zero-order valence-corrected chi connectivity index (χ0v) is 20.1. The molecule has 11 nitrogen and oxygen atoms in total. The second-order valence-corrected chi connectivity index (χ2v) is 8.46. The number of nitrogens with zero attached hydrogens (tertiary/aromatic N) is 5. The highest BCUT2D eigenvalue weighted by atomic mass is 19.1. The minimum absolute atomic E-state index is 0.0530. The van der Waals surface area contributed by atoms with Crippen LogP contribution in [-0.4, -0.2) is 53.5 Å². The number of Topliss-reactive ketones (excluding diaryl/α,β-unsaturated/α-hetero) is 1. The standard InChI is InChI=1S/C26H22FN7O4/c1-15(14-35)31-25-23-22(9-10-28-24(23)32-33-25)38-19-7-4-17(29-13-19)12-21(36)20-8-11-30-34(26(20)37)18-5-2-16(27)3-6-18/h2-11,13,15,35H,12,14H2,1H3,(H2,28,31,32,33)/t15-/m1/s1. The van der Waals surface area contributed by atoms with Gasteiger partial charge in [0, 0.05) is 30.2 Å². The van der Waals surface area contributed by atoms with Crippen molar-refractivity contribution in [2.75, 3.05) is 11.9 Å². The van der Waals surface area contributed by atoms with Gasteiger partial charge in [-0.25, -0.2) is 9.37 Å². The fourth-order valence-electron chi connectivity index (χ4n) is 3.74. The molecule has 0 aliphatic rings. The van der Waals surface area contributed by atoms with Gasteiger partial charge in [-0.3, -0.25) is 19.7 Å². The number of ether oxygens (including phenoxy) is 1. The van der Waals surface area contributed by atoms with Gasteiger partial charge in [-0.05, 0) is 49.4 Å². The van der Waals surface area contributed by atoms with E-state index in [1.807, 2.05) is 6.92 Å². The minimum Gasteiger partial charge on any atom is -0.455 e. The van der Waals surface area contributed by atoms with E-state index in [1.165, 1.54) is 42.7 Å². The summed E-state index contributed by atoms with van der Waals surface area (Å²) in [4.78, 5) is 34.3. The number of carbonyl (C=O) groups excluding carboxylic acids is 1. The van der Waals surface area contributed by atoms with Crippen LogP contribution in [0.4, 0.5) is 10.2 Å². The number of halogens is 1. The summed E-state index contributed by atoms with van der Waals surface area (Å²) in [5.74, 6) is 0.499. The SMILES string of the molecule is C[C@H](CO)Nc1n[nH]c2nccc(Oc3ccc(CC(=O)c4ccnn(-c5ccc(F)cc5)c4=O)nc3)c12. The Kier molecular flexibility index (Phi) is 6.87. The molecule has 0 unspecified atom stereocenters. The Labute approximate surface area is 215 Å². The molecule has 4 aromatic heterocycles. The first-order valence-corrected chi connectivity index (χ1v) is 11.6. The second-order valence-electron chi connectivity index (χ2n) is 8.46. The molecule has 0 aliphatic carbocycles. The molecular weight excluding hydrogens is 493 g/mol. The third-order valence-electron chi connectivity index (χ3n) is 5.66. The first kappa shape index (κ1) is 24.7. The Bertz CT molecular complexity index is 1650. The highest BCUT2D eigenvalue weighted by Gasteiger charge is 2.17. The fourth-order valence-corrected chi connectivity index (χ4v) is 3.74. The summed E-state index contributed by atoms with van der Waals surface area (Å²) in [6.45, 7) is 1.74. The van der Waals surface area contributed by atoms with E-state index in [-0.39, 0.29) is 24.6 Å². The molecule has 1 atom stereocenters. The molecule has 0 saturated heterocycles. The number of anilines is 1. The zero-order valence-electron chi connectivity index (χ0n) is 20.1. The average molecular weight is 516 g/mol. The van der Waals surface area contributed by atoms with Gasteiger partial charge in [-0.15, -0.1) is 0 Å². The van der Waals surface area contributed by atoms with E-state index in [4.69, 9.17) is 4.74 Å². The lowest BCUT2D eigenvalue weighted by Crippen LogP contribution is -2.27. The van der Waals surface area contributed by atoms with Crippen molar-refractivity contribution in [1.29, 1.82) is 0 Å². The fraction of sp³-hybridized carbons (Fsp3) is 0.154. The predicted molar refractivity (Wildman–Crippen MR) is 136 cm³/mol. The lowest BCUT2D eigenvalue weighted by atomic mass is 10.1. The second kappa shape index (κ2) is 10.6. The third-order valence-corrected chi connectivity index (χ3v) is 5.66. The van der Waals surface area contributed by atoms with E-state index in [0.29, 0.717) is 39.7 Å². The van der Waals surface area contributed by atoms with E-state index in [0.717, 1.165) is 4.68 Å². The number of aliphatic hydroxyl groups is 1. The molecule has 0 fully saturated rings. The van der Waals surface area contributed by atoms with Gasteiger partial charge in [0.1, 0.15) is 22.7 Å². The largest absolute Gasteiger partial charge is 0.455 e. The van der Waals surface area contributed by atoms with Gasteiger partial charge in [-0.1, -0.05) is 0 Å². The van der Waals surface area contributed by atoms with Crippen molar-refractivity contribution in [2.45, 2.75) is 19.4 Å². The number of rotatable bonds is 9. The van der Waals surface area contributed by atoms with Crippen LogP contribution < -0.4 is 15.6 Å². The zero-order chi connectivity index (χ0) is 26.6. The van der Waals surface area contributed by atoms with Crippen molar-refractivity contribution in [3.8, 4) is 17.2 Å². The van der Waals surface area contributed by atoms with E-state index in [2.05, 4.69) is 30.6 Å². The molecule has 1 aromatic carbocycles. The van der Waals surface area contributed by atoms with Gasteiger partial charge in [0.25, 0.3) is 5.56 Å². The summed E-state index contributed by atoms with van der Waals surface area (Å²) in [6, 6.07) is 11.3. The number of aliphatic hydroxyl groups excluding tert-OH is 1. The van der Waals surface area contributed by atoms with Crippen LogP contribution in [0.2, 0.25) is 0 Å². The number of ketones is 1. The van der Waals surface area contributed by atoms with Gasteiger partial charge < -0.3 is 15.2 Å². The van der Waals surface area contributed by atoms with Crippen LogP contribution in [0.5, 0.6) is 11.5 Å². The molecule has 5 aromatic rings. The van der Waals surface area contributed by atoms with Crippen molar-refractivity contribution < 1.29 is 19.0 Å². The summed E-state index contributed by atoms with van der Waals surface area (Å²) in [5.41, 5.74) is 0.634. The highest BCUT2D eigenvalue weighted by molar-refractivity contribution is 5.97. The van der Waals surface area contributed by atoms with Crippen molar-refractivity contribution in [2.24, 2.45) is 0 Å². The number of nitrogens with one attached hydrogen (secondary N) is 2. The Morgan fingerprint density at radius 2 is 1.95 bits per heavy atom. The number of aromatic amines is 1. The minimum atomic E-state index is -0.606. The predicted octanol–water partition coefficient (Wildman–Crippen LogP) is 3.05. The van der Waals surface area contributed by atoms with Crippen LogP contribution in [0.15, 0.2) is 71.9 Å². The molecule has 0 spiro atoms. The van der Waals surface area contributed by atoms with Crippen molar-refractivity contribution in [3.63, 3.8) is 0 Å². The lowest BCUT2D eigenvalue weighted by molar-refractivity contribution is 0.0990. The van der Waals surface area contributed by atoms with Gasteiger partial charge in [0.05, 0.1) is 30.5 Å². The Morgan fingerprint density at radius 3 is 2.68 bits per heavy atom. The van der Waals surface area contributed by atoms with Crippen LogP contribution in [0.25, 0.3) is 16.7 Å². The van der Waals surface area contributed by atoms with Gasteiger partial charge in [0.15, 0.2) is 17.2 Å². The smallest absolute Gasteiger partial charge is 0.282 e. The molecule has 0 aliphatic heterocycles. The summed E-state index contributed by atoms with van der Waals surface area (Å²) < 4.78 is 20.3. The summed E-state index contributed by atoms with van der Waals surface area (Å²) in [5, 5.41) is 24.1. The monoisotopic (exact) mass is 515 g/mol. The molecule has 3 N–H and O–H groups in total. The molecule has 192 valence electrons. The first-order valence-electron chi connectivity index (χ1n) is 11.6. The number of aromatic nitrogens is 6.